The fourth-order valence-electron chi connectivity index (χ4n) is 0.515. The molecule has 8 heteroatoms. The van der Waals surface area contributed by atoms with Gasteiger partial charge in [-0.3, -0.25) is 4.79 Å². The fraction of sp³-hybridized carbons (Fsp3) is 0.200. The first-order valence-electron chi connectivity index (χ1n) is 3.16. The molecule has 0 aromatic carbocycles. The lowest BCUT2D eigenvalue weighted by Gasteiger charge is -1.90. The number of anilines is 1. The van der Waals surface area contributed by atoms with E-state index in [1.807, 2.05) is 0 Å². The number of ketones is 1. The molecule has 0 fully saturated rings. The molecule has 0 atom stereocenters. The second kappa shape index (κ2) is 3.90. The molecule has 1 heterocycles. The lowest BCUT2D eigenvalue weighted by molar-refractivity contribution is -0.147. The van der Waals surface area contributed by atoms with E-state index < -0.39 is 11.8 Å². The van der Waals surface area contributed by atoms with Gasteiger partial charge in [0.1, 0.15) is 0 Å². The number of hydrogen-bond donors (Lipinski definition) is 3. The van der Waals surface area contributed by atoms with Crippen LogP contribution in [0.5, 0.6) is 0 Å². The van der Waals surface area contributed by atoms with Gasteiger partial charge in [-0.2, -0.15) is 4.98 Å². The number of nitrogens with zero attached hydrogens (tertiary/aromatic N) is 2. The first kappa shape index (κ1) is 9.52. The van der Waals surface area contributed by atoms with Crippen LogP contribution in [-0.4, -0.2) is 37.8 Å². The standard InChI is InChI=1S/C5H6N4O3S/c6-4-7-5(9-8-4)13-1-2(10)3(11)12/h1H2,(H,11,12)(H3,6,7,8,9). The third kappa shape index (κ3) is 2.75. The molecule has 0 aliphatic heterocycles. The van der Waals surface area contributed by atoms with Crippen molar-refractivity contribution in [2.24, 2.45) is 0 Å². The Morgan fingerprint density at radius 3 is 2.77 bits per heavy atom. The van der Waals surface area contributed by atoms with E-state index in [0.717, 1.165) is 11.8 Å². The number of nitrogens with one attached hydrogen (secondary N) is 1. The third-order valence-corrected chi connectivity index (χ3v) is 1.90. The second-order valence-corrected chi connectivity index (χ2v) is 2.96. The summed E-state index contributed by atoms with van der Waals surface area (Å²) in [6.45, 7) is 0. The van der Waals surface area contributed by atoms with Crippen LogP contribution in [-0.2, 0) is 9.59 Å². The summed E-state index contributed by atoms with van der Waals surface area (Å²) >= 11 is 0.914. The minimum atomic E-state index is -1.46. The van der Waals surface area contributed by atoms with Crippen LogP contribution in [0.15, 0.2) is 5.16 Å². The summed E-state index contributed by atoms with van der Waals surface area (Å²) in [7, 11) is 0. The van der Waals surface area contributed by atoms with E-state index in [1.54, 1.807) is 0 Å². The molecule has 1 aromatic heterocycles. The van der Waals surface area contributed by atoms with Gasteiger partial charge in [0.25, 0.3) is 0 Å². The molecule has 7 nitrogen and oxygen atoms in total. The zero-order valence-corrected chi connectivity index (χ0v) is 7.17. The summed E-state index contributed by atoms with van der Waals surface area (Å²) in [5.74, 6) is -2.43. The van der Waals surface area contributed by atoms with Crippen LogP contribution in [0.2, 0.25) is 0 Å². The van der Waals surface area contributed by atoms with Crippen LogP contribution in [0.4, 0.5) is 5.95 Å². The summed E-state index contributed by atoms with van der Waals surface area (Å²) in [6, 6.07) is 0. The Morgan fingerprint density at radius 2 is 2.31 bits per heavy atom. The van der Waals surface area contributed by atoms with E-state index in [0.29, 0.717) is 0 Å². The number of nitrogens with two attached hydrogens (primary N) is 1. The molecule has 1 aromatic rings. The van der Waals surface area contributed by atoms with Gasteiger partial charge in [-0.05, 0) is 0 Å². The molecular formula is C5H6N4O3S. The molecule has 1 rings (SSSR count). The minimum absolute atomic E-state index is 0.130. The number of H-pyrrole nitrogens is 1. The zero-order valence-electron chi connectivity index (χ0n) is 6.35. The molecule has 0 saturated heterocycles. The summed E-state index contributed by atoms with van der Waals surface area (Å²) in [5.41, 5.74) is 5.20. The summed E-state index contributed by atoms with van der Waals surface area (Å²) in [6.07, 6.45) is 0. The topological polar surface area (TPSA) is 122 Å². The van der Waals surface area contributed by atoms with E-state index in [2.05, 4.69) is 15.2 Å². The molecule has 0 aliphatic carbocycles. The number of aromatic amines is 1. The number of thioether (sulfide) groups is 1. The maximum Gasteiger partial charge on any atom is 0.373 e. The lowest BCUT2D eigenvalue weighted by Crippen LogP contribution is -2.14. The molecule has 0 unspecified atom stereocenters. The average Bonchev–Trinajstić information content (AvgIpc) is 2.47. The van der Waals surface area contributed by atoms with Crippen LogP contribution in [0.3, 0.4) is 0 Å². The van der Waals surface area contributed by atoms with Crippen LogP contribution in [0, 0.1) is 0 Å². The molecule has 0 spiro atoms. The maximum atomic E-state index is 10.6. The smallest absolute Gasteiger partial charge is 0.373 e. The summed E-state index contributed by atoms with van der Waals surface area (Å²) in [5, 5.41) is 14.4. The normalized spacial score (nSPS) is 9.85. The molecule has 0 saturated carbocycles. The lowest BCUT2D eigenvalue weighted by atomic mass is 10.5. The van der Waals surface area contributed by atoms with Gasteiger partial charge >= 0.3 is 5.97 Å². The van der Waals surface area contributed by atoms with Gasteiger partial charge in [0.2, 0.25) is 16.9 Å². The van der Waals surface area contributed by atoms with Gasteiger partial charge in [-0.15, -0.1) is 5.10 Å². The predicted molar refractivity (Wildman–Crippen MR) is 44.2 cm³/mol. The first-order chi connectivity index (χ1) is 6.09. The molecule has 70 valence electrons. The Morgan fingerprint density at radius 1 is 1.62 bits per heavy atom. The molecular weight excluding hydrogens is 196 g/mol. The van der Waals surface area contributed by atoms with E-state index >= 15 is 0 Å². The number of carbonyl (C=O) groups excluding carboxylic acids is 1. The Hall–Kier alpha value is -1.57. The number of aromatic nitrogens is 3. The van der Waals surface area contributed by atoms with Crippen molar-refractivity contribution >= 4 is 29.5 Å². The van der Waals surface area contributed by atoms with Crippen molar-refractivity contribution in [3.8, 4) is 0 Å². The number of carbonyl (C=O) groups is 2. The van der Waals surface area contributed by atoms with Gasteiger partial charge < -0.3 is 10.8 Å². The first-order valence-corrected chi connectivity index (χ1v) is 4.15. The highest BCUT2D eigenvalue weighted by atomic mass is 32.2. The van der Waals surface area contributed by atoms with Crippen molar-refractivity contribution in [2.75, 3.05) is 11.5 Å². The van der Waals surface area contributed by atoms with Gasteiger partial charge in [0.15, 0.2) is 0 Å². The number of nitrogen functional groups attached to an aromatic ring is 1. The number of Topliss-reactive ketones (excluding diaryl/α,β-unsaturated/α-hetero) is 1. The SMILES string of the molecule is Nc1nc(SCC(=O)C(=O)O)n[nH]1. The number of carboxylic acid groups (broad SMARTS) is 1. The highest BCUT2D eigenvalue weighted by Gasteiger charge is 2.12. The Kier molecular flexibility index (Phi) is 2.85. The van der Waals surface area contributed by atoms with Crippen LogP contribution in [0.25, 0.3) is 0 Å². The number of aliphatic carboxylic acids is 1. The van der Waals surface area contributed by atoms with E-state index in [9.17, 15) is 9.59 Å². The summed E-state index contributed by atoms with van der Waals surface area (Å²) in [4.78, 5) is 24.4. The molecule has 0 radical (unpaired) electrons. The minimum Gasteiger partial charge on any atom is -0.475 e. The van der Waals surface area contributed by atoms with Crippen molar-refractivity contribution < 1.29 is 14.7 Å². The quantitative estimate of drug-likeness (QED) is 0.428. The third-order valence-electron chi connectivity index (χ3n) is 1.05. The zero-order chi connectivity index (χ0) is 9.84. The van der Waals surface area contributed by atoms with E-state index in [-0.39, 0.29) is 16.9 Å². The molecule has 13 heavy (non-hydrogen) atoms. The van der Waals surface area contributed by atoms with E-state index in [4.69, 9.17) is 10.8 Å². The van der Waals surface area contributed by atoms with Gasteiger partial charge in [0, 0.05) is 0 Å². The second-order valence-electron chi connectivity index (χ2n) is 2.02. The molecule has 0 amide bonds. The van der Waals surface area contributed by atoms with Crippen molar-refractivity contribution in [1.82, 2.24) is 15.2 Å². The van der Waals surface area contributed by atoms with Crippen molar-refractivity contribution in [2.45, 2.75) is 5.16 Å². The average molecular weight is 202 g/mol. The largest absolute Gasteiger partial charge is 0.475 e. The van der Waals surface area contributed by atoms with E-state index in [1.165, 1.54) is 0 Å². The predicted octanol–water partition coefficient (Wildman–Crippen LogP) is -0.867. The number of hydrogen-bond acceptors (Lipinski definition) is 6. The van der Waals surface area contributed by atoms with Gasteiger partial charge in [-0.1, -0.05) is 11.8 Å². The van der Waals surface area contributed by atoms with Crippen LogP contribution < -0.4 is 5.73 Å². The Bertz CT molecular complexity index is 336. The van der Waals surface area contributed by atoms with Crippen LogP contribution in [0.1, 0.15) is 0 Å². The van der Waals surface area contributed by atoms with Crippen LogP contribution >= 0.6 is 11.8 Å². The maximum absolute atomic E-state index is 10.6. The highest BCUT2D eigenvalue weighted by Crippen LogP contribution is 2.12. The van der Waals surface area contributed by atoms with Gasteiger partial charge in [-0.25, -0.2) is 9.89 Å². The highest BCUT2D eigenvalue weighted by molar-refractivity contribution is 7.99. The number of carboxylic acids is 1. The molecule has 0 bridgehead atoms. The monoisotopic (exact) mass is 202 g/mol. The molecule has 0 aliphatic rings. The van der Waals surface area contributed by atoms with Crippen molar-refractivity contribution in [1.29, 1.82) is 0 Å². The number of rotatable bonds is 4. The Labute approximate surface area is 76.7 Å². The summed E-state index contributed by atoms with van der Waals surface area (Å²) < 4.78 is 0. The molecule has 4 N–H and O–H groups in total. The van der Waals surface area contributed by atoms with Gasteiger partial charge in [0.05, 0.1) is 5.75 Å². The van der Waals surface area contributed by atoms with Crippen molar-refractivity contribution in [3.63, 3.8) is 0 Å². The fourth-order valence-corrected chi connectivity index (χ4v) is 1.17. The Balaban J connectivity index is 2.44. The van der Waals surface area contributed by atoms with Crippen molar-refractivity contribution in [3.05, 3.63) is 0 Å².